The largest absolute Gasteiger partial charge is 0.390 e. The summed E-state index contributed by atoms with van der Waals surface area (Å²) in [7, 11) is 0. The van der Waals surface area contributed by atoms with Crippen molar-refractivity contribution in [3.05, 3.63) is 11.7 Å². The minimum atomic E-state index is -0.664. The fourth-order valence-corrected chi connectivity index (χ4v) is 3.57. The summed E-state index contributed by atoms with van der Waals surface area (Å²) in [6.07, 6.45) is 0.331. The highest BCUT2D eigenvalue weighted by Gasteiger charge is 2.42. The van der Waals surface area contributed by atoms with Crippen LogP contribution in [0.15, 0.2) is 4.52 Å². The third kappa shape index (κ3) is 3.70. The number of nitrogens with zero attached hydrogens (tertiary/aromatic N) is 3. The first kappa shape index (κ1) is 17.2. The van der Waals surface area contributed by atoms with Crippen molar-refractivity contribution in [3.8, 4) is 0 Å². The lowest BCUT2D eigenvalue weighted by Gasteiger charge is -2.31. The number of fused-ring (bicyclic) bond motifs is 1. The zero-order valence-electron chi connectivity index (χ0n) is 14.2. The van der Waals surface area contributed by atoms with E-state index in [4.69, 9.17) is 4.52 Å². The fourth-order valence-electron chi connectivity index (χ4n) is 3.57. The van der Waals surface area contributed by atoms with Crippen LogP contribution in [-0.2, 0) is 6.42 Å². The lowest BCUT2D eigenvalue weighted by Crippen LogP contribution is -2.39. The first-order valence-electron chi connectivity index (χ1n) is 8.65. The van der Waals surface area contributed by atoms with Gasteiger partial charge in [-0.2, -0.15) is 4.98 Å². The normalized spacial score (nSPS) is 29.8. The lowest BCUT2D eigenvalue weighted by molar-refractivity contribution is -0.0372. The Morgan fingerprint density at radius 3 is 2.46 bits per heavy atom. The molecule has 1 saturated carbocycles. The molecular weight excluding hydrogens is 312 g/mol. The van der Waals surface area contributed by atoms with Gasteiger partial charge in [-0.15, -0.1) is 0 Å². The molecule has 24 heavy (non-hydrogen) atoms. The summed E-state index contributed by atoms with van der Waals surface area (Å²) in [4.78, 5) is 18.3. The van der Waals surface area contributed by atoms with Crippen molar-refractivity contribution in [2.24, 2.45) is 11.8 Å². The Hall–Kier alpha value is -1.67. The van der Waals surface area contributed by atoms with Crippen molar-refractivity contribution in [1.29, 1.82) is 0 Å². The first-order valence-corrected chi connectivity index (χ1v) is 8.65. The molecule has 1 aliphatic heterocycles. The number of rotatable bonds is 4. The molecule has 1 aromatic heterocycles. The van der Waals surface area contributed by atoms with Crippen molar-refractivity contribution in [2.75, 3.05) is 19.6 Å². The van der Waals surface area contributed by atoms with Crippen LogP contribution < -0.4 is 5.32 Å². The number of likely N-dealkylation sites (tertiary alicyclic amines) is 1. The van der Waals surface area contributed by atoms with Crippen molar-refractivity contribution in [1.82, 2.24) is 20.4 Å². The predicted molar refractivity (Wildman–Crippen MR) is 85.3 cm³/mol. The standard InChI is InChI=1S/C16H26N4O4/c1-9(2)15-18-14(19-24-15)3-4-17-16(23)20-7-10-5-12(21)13(22)6-11(10)8-20/h9-13,21-22H,3-8H2,1-2H3,(H,17,23). The van der Waals surface area contributed by atoms with Gasteiger partial charge in [-0.25, -0.2) is 4.79 Å². The highest BCUT2D eigenvalue weighted by Crippen LogP contribution is 2.36. The maximum atomic E-state index is 12.3. The van der Waals surface area contributed by atoms with Gasteiger partial charge in [-0.1, -0.05) is 19.0 Å². The molecule has 8 nitrogen and oxygen atoms in total. The van der Waals surface area contributed by atoms with Gasteiger partial charge < -0.3 is 25.0 Å². The number of carbonyl (C=O) groups excluding carboxylic acids is 1. The van der Waals surface area contributed by atoms with Crippen molar-refractivity contribution < 1.29 is 19.5 Å². The van der Waals surface area contributed by atoms with Crippen molar-refractivity contribution >= 4 is 6.03 Å². The topological polar surface area (TPSA) is 112 Å². The Bertz CT molecular complexity index is 558. The van der Waals surface area contributed by atoms with E-state index in [1.807, 2.05) is 13.8 Å². The second kappa shape index (κ2) is 7.06. The second-order valence-electron chi connectivity index (χ2n) is 7.22. The highest BCUT2D eigenvalue weighted by molar-refractivity contribution is 5.74. The van der Waals surface area contributed by atoms with E-state index in [0.717, 1.165) is 0 Å². The van der Waals surface area contributed by atoms with Crippen LogP contribution in [0.1, 0.15) is 44.3 Å². The Morgan fingerprint density at radius 2 is 1.92 bits per heavy atom. The molecule has 2 amide bonds. The molecule has 0 spiro atoms. The van der Waals surface area contributed by atoms with Crippen molar-refractivity contribution in [3.63, 3.8) is 0 Å². The summed E-state index contributed by atoms with van der Waals surface area (Å²) in [5.74, 6) is 1.96. The summed E-state index contributed by atoms with van der Waals surface area (Å²) in [5, 5.41) is 26.3. The zero-order valence-corrected chi connectivity index (χ0v) is 14.2. The Morgan fingerprint density at radius 1 is 1.29 bits per heavy atom. The van der Waals surface area contributed by atoms with Gasteiger partial charge in [-0.05, 0) is 24.7 Å². The van der Waals surface area contributed by atoms with E-state index in [9.17, 15) is 15.0 Å². The fraction of sp³-hybridized carbons (Fsp3) is 0.812. The molecule has 3 N–H and O–H groups in total. The molecule has 1 aromatic rings. The van der Waals surface area contributed by atoms with E-state index < -0.39 is 12.2 Å². The number of urea groups is 1. The van der Waals surface area contributed by atoms with Gasteiger partial charge in [0, 0.05) is 32.0 Å². The van der Waals surface area contributed by atoms with Crippen LogP contribution in [0.4, 0.5) is 4.79 Å². The second-order valence-corrected chi connectivity index (χ2v) is 7.22. The number of nitrogens with one attached hydrogen (secondary N) is 1. The van der Waals surface area contributed by atoms with Crippen molar-refractivity contribution in [2.45, 2.75) is 51.2 Å². The Kier molecular flexibility index (Phi) is 5.05. The van der Waals surface area contributed by atoms with Crippen LogP contribution in [-0.4, -0.2) is 63.1 Å². The quantitative estimate of drug-likeness (QED) is 0.737. The Balaban J connectivity index is 1.44. The molecule has 0 radical (unpaired) electrons. The van der Waals surface area contributed by atoms with Crippen LogP contribution in [0.5, 0.6) is 0 Å². The minimum absolute atomic E-state index is 0.110. The van der Waals surface area contributed by atoms with Gasteiger partial charge >= 0.3 is 6.03 Å². The monoisotopic (exact) mass is 338 g/mol. The minimum Gasteiger partial charge on any atom is -0.390 e. The van der Waals surface area contributed by atoms with Gasteiger partial charge in [-0.3, -0.25) is 0 Å². The predicted octanol–water partition coefficient (Wildman–Crippen LogP) is 0.509. The number of hydrogen-bond donors (Lipinski definition) is 3. The lowest BCUT2D eigenvalue weighted by atomic mass is 9.79. The summed E-state index contributed by atoms with van der Waals surface area (Å²) in [6, 6.07) is -0.110. The molecule has 1 saturated heterocycles. The number of hydrogen-bond acceptors (Lipinski definition) is 6. The third-order valence-corrected chi connectivity index (χ3v) is 5.00. The van der Waals surface area contributed by atoms with E-state index >= 15 is 0 Å². The smallest absolute Gasteiger partial charge is 0.317 e. The third-order valence-electron chi connectivity index (χ3n) is 5.00. The molecule has 134 valence electrons. The molecule has 2 fully saturated rings. The molecule has 4 atom stereocenters. The molecule has 0 bridgehead atoms. The summed E-state index contributed by atoms with van der Waals surface area (Å²) in [5.41, 5.74) is 0. The molecule has 3 rings (SSSR count). The van der Waals surface area contributed by atoms with Gasteiger partial charge in [0.05, 0.1) is 12.2 Å². The average Bonchev–Trinajstić information content (AvgIpc) is 3.14. The number of aliphatic hydroxyl groups excluding tert-OH is 2. The Labute approximate surface area is 141 Å². The van der Waals surface area contributed by atoms with Gasteiger partial charge in [0.1, 0.15) is 0 Å². The number of aliphatic hydroxyl groups is 2. The van der Waals surface area contributed by atoms with Crippen LogP contribution in [0.3, 0.4) is 0 Å². The van der Waals surface area contributed by atoms with Gasteiger partial charge in [0.15, 0.2) is 5.82 Å². The number of aromatic nitrogens is 2. The van der Waals surface area contributed by atoms with Crippen LogP contribution in [0.25, 0.3) is 0 Å². The number of amides is 2. The molecule has 2 heterocycles. The average molecular weight is 338 g/mol. The van der Waals surface area contributed by atoms with Crippen LogP contribution in [0, 0.1) is 11.8 Å². The molecule has 8 heteroatoms. The van der Waals surface area contributed by atoms with Crippen LogP contribution in [0.2, 0.25) is 0 Å². The molecule has 1 aliphatic carbocycles. The van der Waals surface area contributed by atoms with Gasteiger partial charge in [0.25, 0.3) is 0 Å². The van der Waals surface area contributed by atoms with Gasteiger partial charge in [0.2, 0.25) is 5.89 Å². The van der Waals surface area contributed by atoms with E-state index in [2.05, 4.69) is 15.5 Å². The SMILES string of the molecule is CC(C)c1nc(CCNC(=O)N2CC3CC(O)C(O)CC3C2)no1. The maximum absolute atomic E-state index is 12.3. The summed E-state index contributed by atoms with van der Waals surface area (Å²) in [6.45, 7) is 5.70. The van der Waals surface area contributed by atoms with Crippen LogP contribution >= 0.6 is 0 Å². The molecule has 2 aliphatic rings. The highest BCUT2D eigenvalue weighted by atomic mass is 16.5. The molecule has 0 aromatic carbocycles. The summed E-state index contributed by atoms with van der Waals surface area (Å²) < 4.78 is 5.14. The first-order chi connectivity index (χ1) is 11.4. The maximum Gasteiger partial charge on any atom is 0.317 e. The van der Waals surface area contributed by atoms with E-state index in [-0.39, 0.29) is 23.8 Å². The summed E-state index contributed by atoms with van der Waals surface area (Å²) >= 11 is 0. The van der Waals surface area contributed by atoms with E-state index in [1.165, 1.54) is 0 Å². The molecule has 4 unspecified atom stereocenters. The molecular formula is C16H26N4O4. The van der Waals surface area contributed by atoms with E-state index in [0.29, 0.717) is 50.6 Å². The number of carbonyl (C=O) groups is 1. The van der Waals surface area contributed by atoms with E-state index in [1.54, 1.807) is 4.90 Å². The zero-order chi connectivity index (χ0) is 17.3.